The predicted octanol–water partition coefficient (Wildman–Crippen LogP) is 1.40. The fourth-order valence-corrected chi connectivity index (χ4v) is 2.15. The van der Waals surface area contributed by atoms with Gasteiger partial charge in [0, 0.05) is 11.9 Å². The minimum absolute atomic E-state index is 0.0929. The minimum atomic E-state index is -3.22. The summed E-state index contributed by atoms with van der Waals surface area (Å²) in [5, 5.41) is 2.68. The number of benzene rings is 1. The van der Waals surface area contributed by atoms with E-state index in [-0.39, 0.29) is 16.7 Å². The normalized spacial score (nSPS) is 14.7. The van der Waals surface area contributed by atoms with Crippen LogP contribution in [0.25, 0.3) is 0 Å². The first kappa shape index (κ1) is 15.7. The van der Waals surface area contributed by atoms with Crippen molar-refractivity contribution < 1.29 is 13.2 Å². The van der Waals surface area contributed by atoms with Crippen LogP contribution >= 0.6 is 0 Å². The zero-order chi connectivity index (χ0) is 14.6. The molecule has 5 nitrogen and oxygen atoms in total. The SMILES string of the molecule is CCC(C)[C@H](N)C(=O)Nc1ccc(S(C)(=O)=O)cc1. The number of nitrogens with two attached hydrogens (primary N) is 1. The van der Waals surface area contributed by atoms with Gasteiger partial charge in [-0.25, -0.2) is 8.42 Å². The molecule has 0 fully saturated rings. The highest BCUT2D eigenvalue weighted by Crippen LogP contribution is 2.15. The number of carbonyl (C=O) groups is 1. The number of hydrogen-bond donors (Lipinski definition) is 2. The Balaban J connectivity index is 2.76. The van der Waals surface area contributed by atoms with E-state index < -0.39 is 15.9 Å². The topological polar surface area (TPSA) is 89.3 Å². The maximum atomic E-state index is 11.8. The number of nitrogens with one attached hydrogen (secondary N) is 1. The largest absolute Gasteiger partial charge is 0.325 e. The van der Waals surface area contributed by atoms with Crippen molar-refractivity contribution in [2.24, 2.45) is 11.7 Å². The Kier molecular flexibility index (Phi) is 5.08. The van der Waals surface area contributed by atoms with Crippen molar-refractivity contribution in [3.8, 4) is 0 Å². The van der Waals surface area contributed by atoms with Crippen molar-refractivity contribution in [3.05, 3.63) is 24.3 Å². The average molecular weight is 284 g/mol. The molecule has 0 aromatic heterocycles. The van der Waals surface area contributed by atoms with Gasteiger partial charge in [-0.2, -0.15) is 0 Å². The van der Waals surface area contributed by atoms with Gasteiger partial charge in [-0.3, -0.25) is 4.79 Å². The summed E-state index contributed by atoms with van der Waals surface area (Å²) in [6, 6.07) is 5.45. The van der Waals surface area contributed by atoms with Crippen LogP contribution in [-0.4, -0.2) is 26.6 Å². The molecule has 1 aromatic rings. The molecule has 0 radical (unpaired) electrons. The Morgan fingerprint density at radius 3 is 2.26 bits per heavy atom. The molecular weight excluding hydrogens is 264 g/mol. The Bertz CT molecular complexity index is 538. The van der Waals surface area contributed by atoms with E-state index in [9.17, 15) is 13.2 Å². The van der Waals surface area contributed by atoms with E-state index in [1.807, 2.05) is 13.8 Å². The molecule has 1 unspecified atom stereocenters. The molecule has 19 heavy (non-hydrogen) atoms. The van der Waals surface area contributed by atoms with Crippen LogP contribution in [0.15, 0.2) is 29.2 Å². The van der Waals surface area contributed by atoms with Crippen LogP contribution < -0.4 is 11.1 Å². The molecule has 0 aliphatic heterocycles. The van der Waals surface area contributed by atoms with Crippen molar-refractivity contribution in [2.75, 3.05) is 11.6 Å². The van der Waals surface area contributed by atoms with Crippen LogP contribution in [-0.2, 0) is 14.6 Å². The third-order valence-electron chi connectivity index (χ3n) is 3.11. The fraction of sp³-hybridized carbons (Fsp3) is 0.462. The van der Waals surface area contributed by atoms with Gasteiger partial charge in [-0.05, 0) is 30.2 Å². The molecule has 0 saturated heterocycles. The first-order valence-electron chi connectivity index (χ1n) is 6.12. The smallest absolute Gasteiger partial charge is 0.241 e. The number of rotatable bonds is 5. The summed E-state index contributed by atoms with van der Waals surface area (Å²) in [5.74, 6) is -0.170. The molecule has 0 aliphatic rings. The lowest BCUT2D eigenvalue weighted by Gasteiger charge is -2.17. The molecule has 0 saturated carbocycles. The van der Waals surface area contributed by atoms with Gasteiger partial charge in [0.25, 0.3) is 0 Å². The van der Waals surface area contributed by atoms with Gasteiger partial charge in [0.05, 0.1) is 10.9 Å². The lowest BCUT2D eigenvalue weighted by Crippen LogP contribution is -2.40. The third kappa shape index (κ3) is 4.33. The molecule has 0 aliphatic carbocycles. The standard InChI is InChI=1S/C13H20N2O3S/c1-4-9(2)12(14)13(16)15-10-5-7-11(8-6-10)19(3,17)18/h5-9,12H,4,14H2,1-3H3,(H,15,16)/t9?,12-/m0/s1. The minimum Gasteiger partial charge on any atom is -0.325 e. The van der Waals surface area contributed by atoms with Crippen LogP contribution in [0, 0.1) is 5.92 Å². The van der Waals surface area contributed by atoms with E-state index in [1.54, 1.807) is 12.1 Å². The molecule has 0 bridgehead atoms. The molecule has 106 valence electrons. The zero-order valence-corrected chi connectivity index (χ0v) is 12.2. The summed E-state index contributed by atoms with van der Waals surface area (Å²) in [7, 11) is -3.22. The summed E-state index contributed by atoms with van der Waals surface area (Å²) < 4.78 is 22.6. The first-order valence-corrected chi connectivity index (χ1v) is 8.01. The van der Waals surface area contributed by atoms with Crippen molar-refractivity contribution >= 4 is 21.4 Å². The highest BCUT2D eigenvalue weighted by Gasteiger charge is 2.19. The lowest BCUT2D eigenvalue weighted by atomic mass is 9.99. The maximum absolute atomic E-state index is 11.8. The molecule has 3 N–H and O–H groups in total. The number of anilines is 1. The summed E-state index contributed by atoms with van der Waals surface area (Å²) in [4.78, 5) is 12.1. The van der Waals surface area contributed by atoms with Crippen molar-refractivity contribution in [2.45, 2.75) is 31.2 Å². The van der Waals surface area contributed by atoms with E-state index >= 15 is 0 Å². The van der Waals surface area contributed by atoms with Gasteiger partial charge in [0.2, 0.25) is 5.91 Å². The van der Waals surface area contributed by atoms with Crippen LogP contribution in [0.1, 0.15) is 20.3 Å². The molecule has 6 heteroatoms. The first-order chi connectivity index (χ1) is 8.75. The number of carbonyl (C=O) groups excluding carboxylic acids is 1. The van der Waals surface area contributed by atoms with Crippen LogP contribution in [0.3, 0.4) is 0 Å². The fourth-order valence-electron chi connectivity index (χ4n) is 1.52. The Morgan fingerprint density at radius 1 is 1.32 bits per heavy atom. The maximum Gasteiger partial charge on any atom is 0.241 e. The number of amides is 1. The van der Waals surface area contributed by atoms with Gasteiger partial charge in [0.1, 0.15) is 0 Å². The molecule has 0 spiro atoms. The van der Waals surface area contributed by atoms with Gasteiger partial charge in [0.15, 0.2) is 9.84 Å². The van der Waals surface area contributed by atoms with Gasteiger partial charge in [-0.1, -0.05) is 20.3 Å². The second-order valence-corrected chi connectivity index (χ2v) is 6.71. The zero-order valence-electron chi connectivity index (χ0n) is 11.4. The van der Waals surface area contributed by atoms with Gasteiger partial charge in [-0.15, -0.1) is 0 Å². The second kappa shape index (κ2) is 6.16. The van der Waals surface area contributed by atoms with Crippen molar-refractivity contribution in [1.29, 1.82) is 0 Å². The summed E-state index contributed by atoms with van der Waals surface area (Å²) in [5.41, 5.74) is 6.35. The van der Waals surface area contributed by atoms with Crippen LogP contribution in [0.5, 0.6) is 0 Å². The lowest BCUT2D eigenvalue weighted by molar-refractivity contribution is -0.118. The quantitative estimate of drug-likeness (QED) is 0.855. The Hall–Kier alpha value is -1.40. The van der Waals surface area contributed by atoms with E-state index in [2.05, 4.69) is 5.32 Å². The van der Waals surface area contributed by atoms with Gasteiger partial charge >= 0.3 is 0 Å². The van der Waals surface area contributed by atoms with E-state index in [0.29, 0.717) is 5.69 Å². The summed E-state index contributed by atoms with van der Waals surface area (Å²) >= 11 is 0. The summed E-state index contributed by atoms with van der Waals surface area (Å²) in [6.07, 6.45) is 1.96. The Labute approximate surface area is 114 Å². The molecular formula is C13H20N2O3S. The second-order valence-electron chi connectivity index (χ2n) is 4.70. The molecule has 2 atom stereocenters. The third-order valence-corrected chi connectivity index (χ3v) is 4.24. The predicted molar refractivity (Wildman–Crippen MR) is 75.6 cm³/mol. The monoisotopic (exact) mass is 284 g/mol. The van der Waals surface area contributed by atoms with E-state index in [0.717, 1.165) is 12.7 Å². The van der Waals surface area contributed by atoms with Crippen LogP contribution in [0.4, 0.5) is 5.69 Å². The van der Waals surface area contributed by atoms with Crippen molar-refractivity contribution in [3.63, 3.8) is 0 Å². The average Bonchev–Trinajstić information content (AvgIpc) is 2.36. The van der Waals surface area contributed by atoms with Crippen LogP contribution in [0.2, 0.25) is 0 Å². The Morgan fingerprint density at radius 2 is 1.84 bits per heavy atom. The molecule has 0 heterocycles. The molecule has 1 amide bonds. The summed E-state index contributed by atoms with van der Waals surface area (Å²) in [6.45, 7) is 3.88. The number of hydrogen-bond acceptors (Lipinski definition) is 4. The highest BCUT2D eigenvalue weighted by atomic mass is 32.2. The molecule has 1 rings (SSSR count). The van der Waals surface area contributed by atoms with E-state index in [1.165, 1.54) is 12.1 Å². The molecule has 1 aromatic carbocycles. The number of sulfone groups is 1. The highest BCUT2D eigenvalue weighted by molar-refractivity contribution is 7.90. The van der Waals surface area contributed by atoms with Crippen molar-refractivity contribution in [1.82, 2.24) is 0 Å². The van der Waals surface area contributed by atoms with Gasteiger partial charge < -0.3 is 11.1 Å². The van der Waals surface area contributed by atoms with E-state index in [4.69, 9.17) is 5.73 Å².